The second-order valence-corrected chi connectivity index (χ2v) is 5.73. The van der Waals surface area contributed by atoms with Crippen LogP contribution in [-0.4, -0.2) is 40.2 Å². The van der Waals surface area contributed by atoms with Gasteiger partial charge in [-0.3, -0.25) is 9.79 Å². The number of carbonyl (C=O) groups excluding carboxylic acids is 1. The zero-order valence-corrected chi connectivity index (χ0v) is 16.1. The molecule has 0 heterocycles. The molecule has 0 radical (unpaired) electrons. The van der Waals surface area contributed by atoms with Gasteiger partial charge in [0.15, 0.2) is 5.96 Å². The maximum atomic E-state index is 11.6. The van der Waals surface area contributed by atoms with Gasteiger partial charge in [0, 0.05) is 44.4 Å². The van der Waals surface area contributed by atoms with Crippen LogP contribution in [0.25, 0.3) is 0 Å². The number of aliphatic imine (C=N–C) groups is 1. The maximum absolute atomic E-state index is 11.6. The molecule has 2 aromatic rings. The highest BCUT2D eigenvalue weighted by atomic mass is 16.5. The van der Waals surface area contributed by atoms with Gasteiger partial charge in [0.25, 0.3) is 5.91 Å². The van der Waals surface area contributed by atoms with Crippen LogP contribution < -0.4 is 25.4 Å². The minimum Gasteiger partial charge on any atom is -0.497 e. The van der Waals surface area contributed by atoms with Gasteiger partial charge in [-0.25, -0.2) is 0 Å². The van der Waals surface area contributed by atoms with Crippen molar-refractivity contribution in [2.24, 2.45) is 4.99 Å². The molecule has 0 saturated heterocycles. The van der Waals surface area contributed by atoms with E-state index in [2.05, 4.69) is 20.9 Å². The van der Waals surface area contributed by atoms with E-state index in [1.807, 2.05) is 30.3 Å². The lowest BCUT2D eigenvalue weighted by atomic mass is 10.1. The van der Waals surface area contributed by atoms with Crippen LogP contribution in [0.2, 0.25) is 0 Å². The van der Waals surface area contributed by atoms with Gasteiger partial charge in [-0.1, -0.05) is 12.1 Å². The molecule has 0 atom stereocenters. The molecule has 2 aromatic carbocycles. The number of nitrogens with zero attached hydrogens (tertiary/aromatic N) is 1. The third-order valence-corrected chi connectivity index (χ3v) is 4.07. The van der Waals surface area contributed by atoms with Gasteiger partial charge in [-0.2, -0.15) is 0 Å². The largest absolute Gasteiger partial charge is 0.497 e. The Morgan fingerprint density at radius 3 is 2.30 bits per heavy atom. The van der Waals surface area contributed by atoms with E-state index in [1.165, 1.54) is 0 Å². The lowest BCUT2D eigenvalue weighted by Gasteiger charge is -2.14. The van der Waals surface area contributed by atoms with Crippen molar-refractivity contribution in [3.05, 3.63) is 59.2 Å². The molecule has 7 heteroatoms. The van der Waals surface area contributed by atoms with Crippen LogP contribution in [0.15, 0.2) is 47.5 Å². The molecular formula is C20H26N4O3. The van der Waals surface area contributed by atoms with E-state index in [1.54, 1.807) is 40.4 Å². The average Bonchev–Trinajstić information content (AvgIpc) is 2.73. The van der Waals surface area contributed by atoms with Crippen LogP contribution in [0.5, 0.6) is 11.5 Å². The average molecular weight is 370 g/mol. The summed E-state index contributed by atoms with van der Waals surface area (Å²) in [5.74, 6) is 2.07. The lowest BCUT2D eigenvalue weighted by Crippen LogP contribution is -2.36. The third-order valence-electron chi connectivity index (χ3n) is 4.07. The van der Waals surface area contributed by atoms with Crippen molar-refractivity contribution in [1.29, 1.82) is 0 Å². The van der Waals surface area contributed by atoms with Gasteiger partial charge in [-0.05, 0) is 29.8 Å². The number of guanidine groups is 1. The summed E-state index contributed by atoms with van der Waals surface area (Å²) in [6.07, 6.45) is 0. The Labute approximate surface area is 159 Å². The van der Waals surface area contributed by atoms with Crippen molar-refractivity contribution in [3.63, 3.8) is 0 Å². The van der Waals surface area contributed by atoms with E-state index < -0.39 is 0 Å². The minimum atomic E-state index is -0.0968. The van der Waals surface area contributed by atoms with Gasteiger partial charge in [-0.15, -0.1) is 0 Å². The molecule has 2 rings (SSSR count). The Kier molecular flexibility index (Phi) is 7.49. The Morgan fingerprint density at radius 1 is 1.00 bits per heavy atom. The first-order chi connectivity index (χ1) is 13.1. The topological polar surface area (TPSA) is 84.0 Å². The number of rotatable bonds is 7. The van der Waals surface area contributed by atoms with Crippen molar-refractivity contribution >= 4 is 11.9 Å². The number of hydrogen-bond acceptors (Lipinski definition) is 4. The first-order valence-electron chi connectivity index (χ1n) is 8.57. The van der Waals surface area contributed by atoms with Crippen LogP contribution in [0.1, 0.15) is 21.5 Å². The molecule has 27 heavy (non-hydrogen) atoms. The number of hydrogen-bond donors (Lipinski definition) is 3. The highest BCUT2D eigenvalue weighted by molar-refractivity contribution is 5.93. The molecule has 0 unspecified atom stereocenters. The van der Waals surface area contributed by atoms with Gasteiger partial charge >= 0.3 is 0 Å². The Balaban J connectivity index is 1.92. The minimum absolute atomic E-state index is 0.0968. The van der Waals surface area contributed by atoms with Crippen LogP contribution in [0.3, 0.4) is 0 Å². The summed E-state index contributed by atoms with van der Waals surface area (Å²) in [6, 6.07) is 13.1. The fraction of sp³-hybridized carbons (Fsp3) is 0.300. The van der Waals surface area contributed by atoms with Crippen molar-refractivity contribution < 1.29 is 14.3 Å². The lowest BCUT2D eigenvalue weighted by molar-refractivity contribution is 0.0963. The molecule has 3 N–H and O–H groups in total. The van der Waals surface area contributed by atoms with Gasteiger partial charge < -0.3 is 25.4 Å². The molecule has 0 aliphatic carbocycles. The van der Waals surface area contributed by atoms with E-state index in [9.17, 15) is 4.79 Å². The standard InChI is InChI=1S/C20H26N4O3/c1-21-19(25)15-7-5-14(6-8-15)12-23-20(22-2)24-13-16-9-10-17(26-3)11-18(16)27-4/h5-11H,12-13H2,1-4H3,(H,21,25)(H2,22,23,24). The molecule has 0 bridgehead atoms. The van der Waals surface area contributed by atoms with Crippen LogP contribution in [-0.2, 0) is 13.1 Å². The van der Waals surface area contributed by atoms with Crippen molar-refractivity contribution in [1.82, 2.24) is 16.0 Å². The molecular weight excluding hydrogens is 344 g/mol. The van der Waals surface area contributed by atoms with Gasteiger partial charge in [0.05, 0.1) is 14.2 Å². The van der Waals surface area contributed by atoms with Gasteiger partial charge in [0.2, 0.25) is 0 Å². The zero-order chi connectivity index (χ0) is 19.6. The molecule has 0 aromatic heterocycles. The fourth-order valence-electron chi connectivity index (χ4n) is 2.50. The van der Waals surface area contributed by atoms with Crippen molar-refractivity contribution in [3.8, 4) is 11.5 Å². The molecule has 0 spiro atoms. The number of nitrogens with one attached hydrogen (secondary N) is 3. The monoisotopic (exact) mass is 370 g/mol. The van der Waals surface area contributed by atoms with Gasteiger partial charge in [0.1, 0.15) is 11.5 Å². The maximum Gasteiger partial charge on any atom is 0.251 e. The summed E-state index contributed by atoms with van der Waals surface area (Å²) in [5.41, 5.74) is 2.68. The molecule has 0 aliphatic rings. The molecule has 0 fully saturated rings. The molecule has 7 nitrogen and oxygen atoms in total. The number of ether oxygens (including phenoxy) is 2. The predicted molar refractivity (Wildman–Crippen MR) is 106 cm³/mol. The summed E-state index contributed by atoms with van der Waals surface area (Å²) in [4.78, 5) is 15.8. The van der Waals surface area contributed by atoms with E-state index in [0.29, 0.717) is 24.6 Å². The quantitative estimate of drug-likeness (QED) is 0.512. The predicted octanol–water partition coefficient (Wildman–Crippen LogP) is 1.93. The Hall–Kier alpha value is -3.22. The molecule has 1 amide bonds. The van der Waals surface area contributed by atoms with Crippen LogP contribution in [0, 0.1) is 0 Å². The van der Waals surface area contributed by atoms with Crippen LogP contribution >= 0.6 is 0 Å². The summed E-state index contributed by atoms with van der Waals surface area (Å²) in [6.45, 7) is 1.15. The zero-order valence-electron chi connectivity index (χ0n) is 16.1. The SMILES string of the molecule is CN=C(NCc1ccc(C(=O)NC)cc1)NCc1ccc(OC)cc1OC. The number of amides is 1. The van der Waals surface area contributed by atoms with E-state index >= 15 is 0 Å². The molecule has 0 aliphatic heterocycles. The smallest absolute Gasteiger partial charge is 0.251 e. The van der Waals surface area contributed by atoms with Crippen molar-refractivity contribution in [2.45, 2.75) is 13.1 Å². The van der Waals surface area contributed by atoms with E-state index in [0.717, 1.165) is 22.6 Å². The first-order valence-corrected chi connectivity index (χ1v) is 8.57. The van der Waals surface area contributed by atoms with E-state index in [-0.39, 0.29) is 5.91 Å². The summed E-state index contributed by atoms with van der Waals surface area (Å²) in [7, 11) is 6.59. The first kappa shape index (κ1) is 20.1. The second kappa shape index (κ2) is 10.1. The summed E-state index contributed by atoms with van der Waals surface area (Å²) < 4.78 is 10.6. The van der Waals surface area contributed by atoms with Crippen molar-refractivity contribution in [2.75, 3.05) is 28.3 Å². The fourth-order valence-corrected chi connectivity index (χ4v) is 2.50. The number of benzene rings is 2. The normalized spacial score (nSPS) is 10.9. The highest BCUT2D eigenvalue weighted by Crippen LogP contribution is 2.24. The number of carbonyl (C=O) groups is 1. The summed E-state index contributed by atoms with van der Waals surface area (Å²) >= 11 is 0. The second-order valence-electron chi connectivity index (χ2n) is 5.73. The molecule has 144 valence electrons. The Bertz CT molecular complexity index is 788. The summed E-state index contributed by atoms with van der Waals surface area (Å²) in [5, 5.41) is 9.12. The highest BCUT2D eigenvalue weighted by Gasteiger charge is 2.07. The third kappa shape index (κ3) is 5.64. The van der Waals surface area contributed by atoms with E-state index in [4.69, 9.17) is 9.47 Å². The molecule has 0 saturated carbocycles. The van der Waals surface area contributed by atoms with Crippen LogP contribution in [0.4, 0.5) is 0 Å². The number of methoxy groups -OCH3 is 2. The Morgan fingerprint density at radius 2 is 1.70 bits per heavy atom.